The van der Waals surface area contributed by atoms with Gasteiger partial charge in [0.05, 0.1) is 14.2 Å². The summed E-state index contributed by atoms with van der Waals surface area (Å²) in [5, 5.41) is 11.6. The van der Waals surface area contributed by atoms with Crippen LogP contribution in [0.2, 0.25) is 0 Å². The fraction of sp³-hybridized carbons (Fsp3) is 0.611. The van der Waals surface area contributed by atoms with Crippen molar-refractivity contribution in [2.24, 2.45) is 5.41 Å². The van der Waals surface area contributed by atoms with Gasteiger partial charge in [-0.2, -0.15) is 13.2 Å². The van der Waals surface area contributed by atoms with Crippen molar-refractivity contribution < 1.29 is 32.5 Å². The van der Waals surface area contributed by atoms with E-state index in [0.717, 1.165) is 0 Å². The minimum absolute atomic E-state index is 0.0820. The quantitative estimate of drug-likeness (QED) is 0.712. The summed E-state index contributed by atoms with van der Waals surface area (Å²) in [6.45, 7) is 5.71. The number of aliphatic carboxylic acids is 1. The number of carbonyl (C=O) groups is 1. The van der Waals surface area contributed by atoms with Gasteiger partial charge in [0.1, 0.15) is 12.1 Å². The van der Waals surface area contributed by atoms with Crippen LogP contribution in [0.25, 0.3) is 0 Å². The van der Waals surface area contributed by atoms with E-state index in [-0.39, 0.29) is 23.1 Å². The van der Waals surface area contributed by atoms with Crippen LogP contribution in [0, 0.1) is 5.41 Å². The second-order valence-corrected chi connectivity index (χ2v) is 7.25. The summed E-state index contributed by atoms with van der Waals surface area (Å²) in [6, 6.07) is 0.346. The van der Waals surface area contributed by atoms with Gasteiger partial charge in [0, 0.05) is 0 Å². The Bertz CT molecular complexity index is 611. The molecule has 148 valence electrons. The molecule has 1 aromatic carbocycles. The van der Waals surface area contributed by atoms with Gasteiger partial charge in [-0.25, -0.2) is 0 Å². The van der Waals surface area contributed by atoms with Gasteiger partial charge in [-0.05, 0) is 36.0 Å². The van der Waals surface area contributed by atoms with Crippen molar-refractivity contribution in [1.29, 1.82) is 0 Å². The average molecular weight is 377 g/mol. The predicted octanol–water partition coefficient (Wildman–Crippen LogP) is 4.18. The molecule has 0 unspecified atom stereocenters. The maximum atomic E-state index is 13.6. The number of ether oxygens (including phenoxy) is 2. The number of hydrogen-bond acceptors (Lipinski definition) is 4. The molecule has 0 aliphatic heterocycles. The minimum atomic E-state index is -4.67. The van der Waals surface area contributed by atoms with E-state index >= 15 is 0 Å². The minimum Gasteiger partial charge on any atom is -0.493 e. The van der Waals surface area contributed by atoms with Gasteiger partial charge in [-0.3, -0.25) is 10.1 Å². The van der Waals surface area contributed by atoms with Crippen LogP contribution in [0.15, 0.2) is 18.2 Å². The second-order valence-electron chi connectivity index (χ2n) is 7.25. The lowest BCUT2D eigenvalue weighted by Crippen LogP contribution is -2.45. The van der Waals surface area contributed by atoms with E-state index < -0.39 is 24.2 Å². The first-order valence-corrected chi connectivity index (χ1v) is 8.16. The molecule has 0 saturated heterocycles. The molecule has 8 heteroatoms. The van der Waals surface area contributed by atoms with E-state index in [2.05, 4.69) is 5.32 Å². The molecule has 0 bridgehead atoms. The number of carboxylic acids is 1. The SMILES string of the molecule is COc1ccc([C@@H](N[C@@H](CCC(C)(C)C)C(=O)O)C(F)(F)F)cc1OC. The van der Waals surface area contributed by atoms with Gasteiger partial charge in [0.2, 0.25) is 0 Å². The zero-order valence-corrected chi connectivity index (χ0v) is 15.6. The van der Waals surface area contributed by atoms with Crippen molar-refractivity contribution in [2.45, 2.75) is 51.9 Å². The summed E-state index contributed by atoms with van der Waals surface area (Å²) >= 11 is 0. The Morgan fingerprint density at radius 3 is 2.15 bits per heavy atom. The molecule has 0 amide bonds. The number of carboxylic acid groups (broad SMARTS) is 1. The van der Waals surface area contributed by atoms with Crippen LogP contribution in [-0.2, 0) is 4.79 Å². The molecule has 0 fully saturated rings. The zero-order valence-electron chi connectivity index (χ0n) is 15.6. The monoisotopic (exact) mass is 377 g/mol. The van der Waals surface area contributed by atoms with E-state index in [0.29, 0.717) is 12.2 Å². The second kappa shape index (κ2) is 8.62. The van der Waals surface area contributed by atoms with Gasteiger partial charge in [0.25, 0.3) is 0 Å². The van der Waals surface area contributed by atoms with Crippen LogP contribution in [0.5, 0.6) is 11.5 Å². The molecule has 0 spiro atoms. The number of nitrogens with one attached hydrogen (secondary N) is 1. The molecule has 26 heavy (non-hydrogen) atoms. The lowest BCUT2D eigenvalue weighted by molar-refractivity contribution is -0.163. The Morgan fingerprint density at radius 1 is 1.15 bits per heavy atom. The third-order valence-corrected chi connectivity index (χ3v) is 3.92. The van der Waals surface area contributed by atoms with Gasteiger partial charge in [0.15, 0.2) is 11.5 Å². The van der Waals surface area contributed by atoms with Crippen molar-refractivity contribution >= 4 is 5.97 Å². The standard InChI is InChI=1S/C18H26F3NO4/c1-17(2,3)9-8-12(16(23)24)22-15(18(19,20)21)11-6-7-13(25-4)14(10-11)26-5/h6-7,10,12,15,22H,8-9H2,1-5H3,(H,23,24)/t12-,15+/m0/s1. The molecule has 1 aromatic rings. The molecule has 1 rings (SSSR count). The van der Waals surface area contributed by atoms with Crippen molar-refractivity contribution in [3.63, 3.8) is 0 Å². The van der Waals surface area contributed by atoms with Gasteiger partial charge in [-0.15, -0.1) is 0 Å². The third kappa shape index (κ3) is 6.40. The number of methoxy groups -OCH3 is 2. The summed E-state index contributed by atoms with van der Waals surface area (Å²) in [5.41, 5.74) is -0.330. The van der Waals surface area contributed by atoms with Crippen LogP contribution in [0.1, 0.15) is 45.2 Å². The summed E-state index contributed by atoms with van der Waals surface area (Å²) in [7, 11) is 2.70. The van der Waals surface area contributed by atoms with Crippen LogP contribution in [-0.4, -0.2) is 37.5 Å². The Balaban J connectivity index is 3.15. The van der Waals surface area contributed by atoms with Gasteiger partial charge < -0.3 is 14.6 Å². The Kier molecular flexibility index (Phi) is 7.32. The summed E-state index contributed by atoms with van der Waals surface area (Å²) < 4.78 is 50.9. The Labute approximate surface area is 151 Å². The molecule has 0 aliphatic carbocycles. The van der Waals surface area contributed by atoms with Gasteiger partial charge in [-0.1, -0.05) is 26.8 Å². The number of hydrogen-bond donors (Lipinski definition) is 2. The predicted molar refractivity (Wildman–Crippen MR) is 91.6 cm³/mol. The Hall–Kier alpha value is -1.96. The largest absolute Gasteiger partial charge is 0.493 e. The third-order valence-electron chi connectivity index (χ3n) is 3.92. The molecule has 5 nitrogen and oxygen atoms in total. The van der Waals surface area contributed by atoms with Crippen LogP contribution >= 0.6 is 0 Å². The van der Waals surface area contributed by atoms with Crippen molar-refractivity contribution in [3.05, 3.63) is 23.8 Å². The normalized spacial score (nSPS) is 14.6. The average Bonchev–Trinajstić information content (AvgIpc) is 2.51. The maximum absolute atomic E-state index is 13.6. The number of alkyl halides is 3. The number of halogens is 3. The van der Waals surface area contributed by atoms with Crippen molar-refractivity contribution in [2.75, 3.05) is 14.2 Å². The molecule has 2 atom stereocenters. The van der Waals surface area contributed by atoms with E-state index in [1.807, 2.05) is 20.8 Å². The van der Waals surface area contributed by atoms with E-state index in [1.165, 1.54) is 32.4 Å². The summed E-state index contributed by atoms with van der Waals surface area (Å²) in [5.74, 6) is -0.883. The van der Waals surface area contributed by atoms with Crippen molar-refractivity contribution in [1.82, 2.24) is 5.32 Å². The van der Waals surface area contributed by atoms with Crippen molar-refractivity contribution in [3.8, 4) is 11.5 Å². The molecule has 0 saturated carbocycles. The van der Waals surface area contributed by atoms with Crippen LogP contribution in [0.4, 0.5) is 13.2 Å². The highest BCUT2D eigenvalue weighted by atomic mass is 19.4. The number of rotatable bonds is 8. The molecule has 0 aliphatic rings. The smallest absolute Gasteiger partial charge is 0.407 e. The van der Waals surface area contributed by atoms with E-state index in [1.54, 1.807) is 0 Å². The Morgan fingerprint density at radius 2 is 1.73 bits per heavy atom. The summed E-state index contributed by atoms with van der Waals surface area (Å²) in [4.78, 5) is 11.5. The molecular weight excluding hydrogens is 351 g/mol. The molecule has 0 radical (unpaired) electrons. The molecule has 0 heterocycles. The first-order chi connectivity index (χ1) is 11.9. The van der Waals surface area contributed by atoms with E-state index in [9.17, 15) is 23.1 Å². The molecular formula is C18H26F3NO4. The fourth-order valence-electron chi connectivity index (χ4n) is 2.47. The van der Waals surface area contributed by atoms with Gasteiger partial charge >= 0.3 is 12.1 Å². The maximum Gasteiger partial charge on any atom is 0.407 e. The highest BCUT2D eigenvalue weighted by Crippen LogP contribution is 2.37. The lowest BCUT2D eigenvalue weighted by atomic mass is 9.88. The van der Waals surface area contributed by atoms with Crippen LogP contribution in [0.3, 0.4) is 0 Å². The number of benzene rings is 1. The van der Waals surface area contributed by atoms with Crippen LogP contribution < -0.4 is 14.8 Å². The highest BCUT2D eigenvalue weighted by Gasteiger charge is 2.43. The molecule has 0 aromatic heterocycles. The topological polar surface area (TPSA) is 67.8 Å². The lowest BCUT2D eigenvalue weighted by Gasteiger charge is -2.28. The highest BCUT2D eigenvalue weighted by molar-refractivity contribution is 5.73. The first-order valence-electron chi connectivity index (χ1n) is 8.16. The summed E-state index contributed by atoms with van der Waals surface area (Å²) in [6.07, 6.45) is -4.12. The first kappa shape index (κ1) is 22.1. The fourth-order valence-corrected chi connectivity index (χ4v) is 2.47. The molecule has 2 N–H and O–H groups in total. The zero-order chi connectivity index (χ0) is 20.1. The van der Waals surface area contributed by atoms with E-state index in [4.69, 9.17) is 9.47 Å².